The lowest BCUT2D eigenvalue weighted by molar-refractivity contribution is -0.117. The van der Waals surface area contributed by atoms with E-state index >= 15 is 0 Å². The van der Waals surface area contributed by atoms with E-state index in [4.69, 9.17) is 0 Å². The van der Waals surface area contributed by atoms with E-state index < -0.39 is 0 Å². The average Bonchev–Trinajstić information content (AvgIpc) is 2.30. The van der Waals surface area contributed by atoms with Crippen molar-refractivity contribution in [2.75, 3.05) is 0 Å². The summed E-state index contributed by atoms with van der Waals surface area (Å²) in [7, 11) is 0. The second kappa shape index (κ2) is 4.78. The fourth-order valence-corrected chi connectivity index (χ4v) is 2.62. The molecular formula is C12H22O. The first-order valence-corrected chi connectivity index (χ1v) is 5.65. The van der Waals surface area contributed by atoms with Gasteiger partial charge in [-0.25, -0.2) is 0 Å². The van der Waals surface area contributed by atoms with Gasteiger partial charge in [0.2, 0.25) is 0 Å². The maximum absolute atomic E-state index is 11.2. The molecule has 0 aromatic heterocycles. The van der Waals surface area contributed by atoms with E-state index in [0.29, 0.717) is 5.92 Å². The minimum Gasteiger partial charge on any atom is -0.303 e. The normalized spacial score (nSPS) is 22.7. The van der Waals surface area contributed by atoms with E-state index in [2.05, 4.69) is 13.8 Å². The number of aldehydes is 1. The maximum Gasteiger partial charge on any atom is 0.126 e. The summed E-state index contributed by atoms with van der Waals surface area (Å²) < 4.78 is 0. The van der Waals surface area contributed by atoms with Crippen LogP contribution in [0.1, 0.15) is 58.8 Å². The molecule has 1 aliphatic carbocycles. The zero-order valence-electron chi connectivity index (χ0n) is 9.01. The van der Waals surface area contributed by atoms with Crippen molar-refractivity contribution in [3.8, 4) is 0 Å². The van der Waals surface area contributed by atoms with Crippen LogP contribution in [0, 0.1) is 11.3 Å². The van der Waals surface area contributed by atoms with Gasteiger partial charge >= 0.3 is 0 Å². The highest BCUT2D eigenvalue weighted by Gasteiger charge is 2.30. The Hall–Kier alpha value is -0.330. The number of hydrogen-bond acceptors (Lipinski definition) is 1. The molecule has 1 heteroatoms. The molecule has 1 rings (SSSR count). The second-order valence-corrected chi connectivity index (χ2v) is 4.99. The summed E-state index contributed by atoms with van der Waals surface area (Å²) >= 11 is 0. The van der Waals surface area contributed by atoms with Gasteiger partial charge in [0, 0.05) is 5.41 Å². The van der Waals surface area contributed by atoms with Crippen molar-refractivity contribution in [2.24, 2.45) is 11.3 Å². The Balaban J connectivity index is 2.59. The van der Waals surface area contributed by atoms with E-state index in [1.165, 1.54) is 32.0 Å². The van der Waals surface area contributed by atoms with Gasteiger partial charge in [0.25, 0.3) is 0 Å². The molecule has 0 bridgehead atoms. The van der Waals surface area contributed by atoms with E-state index in [9.17, 15) is 4.79 Å². The minimum atomic E-state index is 0.0463. The Kier molecular flexibility index (Phi) is 3.95. The van der Waals surface area contributed by atoms with Crippen molar-refractivity contribution >= 4 is 6.29 Å². The van der Waals surface area contributed by atoms with Crippen molar-refractivity contribution in [2.45, 2.75) is 58.8 Å². The molecule has 76 valence electrons. The monoisotopic (exact) mass is 182 g/mol. The lowest BCUT2D eigenvalue weighted by Gasteiger charge is -2.28. The SMILES string of the molecule is CC(C)CC1(C=O)CCCCCC1. The van der Waals surface area contributed by atoms with Crippen LogP contribution in [0.15, 0.2) is 0 Å². The Morgan fingerprint density at radius 1 is 1.15 bits per heavy atom. The highest BCUT2D eigenvalue weighted by atomic mass is 16.1. The number of hydrogen-bond donors (Lipinski definition) is 0. The summed E-state index contributed by atoms with van der Waals surface area (Å²) in [6, 6.07) is 0. The van der Waals surface area contributed by atoms with Crippen LogP contribution in [0.25, 0.3) is 0 Å². The molecule has 0 aromatic carbocycles. The topological polar surface area (TPSA) is 17.1 Å². The van der Waals surface area contributed by atoms with E-state index in [-0.39, 0.29) is 5.41 Å². The van der Waals surface area contributed by atoms with Crippen molar-refractivity contribution in [3.05, 3.63) is 0 Å². The molecule has 0 atom stereocenters. The predicted molar refractivity (Wildman–Crippen MR) is 55.7 cm³/mol. The van der Waals surface area contributed by atoms with Gasteiger partial charge in [0.1, 0.15) is 6.29 Å². The fraction of sp³-hybridized carbons (Fsp3) is 0.917. The molecule has 13 heavy (non-hydrogen) atoms. The first kappa shape index (κ1) is 10.7. The first-order chi connectivity index (χ1) is 6.18. The van der Waals surface area contributed by atoms with Gasteiger partial charge < -0.3 is 4.79 Å². The highest BCUT2D eigenvalue weighted by molar-refractivity contribution is 5.59. The highest BCUT2D eigenvalue weighted by Crippen LogP contribution is 2.38. The molecule has 0 radical (unpaired) electrons. The molecular weight excluding hydrogens is 160 g/mol. The molecule has 1 fully saturated rings. The third-order valence-electron chi connectivity index (χ3n) is 3.16. The molecule has 1 nitrogen and oxygen atoms in total. The smallest absolute Gasteiger partial charge is 0.126 e. The van der Waals surface area contributed by atoms with Crippen LogP contribution in [0.4, 0.5) is 0 Å². The average molecular weight is 182 g/mol. The standard InChI is InChI=1S/C12H22O/c1-11(2)9-12(10-13)7-5-3-4-6-8-12/h10-11H,3-9H2,1-2H3. The molecule has 0 heterocycles. The lowest BCUT2D eigenvalue weighted by atomic mass is 9.75. The number of carbonyl (C=O) groups excluding carboxylic acids is 1. The van der Waals surface area contributed by atoms with Crippen LogP contribution in [0.5, 0.6) is 0 Å². The van der Waals surface area contributed by atoms with Crippen molar-refractivity contribution < 1.29 is 4.79 Å². The summed E-state index contributed by atoms with van der Waals surface area (Å²) in [5.74, 6) is 0.656. The Bertz CT molecular complexity index is 153. The van der Waals surface area contributed by atoms with Crippen LogP contribution in [0.2, 0.25) is 0 Å². The van der Waals surface area contributed by atoms with E-state index in [0.717, 1.165) is 19.3 Å². The Morgan fingerprint density at radius 3 is 2.08 bits per heavy atom. The van der Waals surface area contributed by atoms with Crippen LogP contribution >= 0.6 is 0 Å². The summed E-state index contributed by atoms with van der Waals surface area (Å²) in [5, 5.41) is 0. The molecule has 0 spiro atoms. The third-order valence-corrected chi connectivity index (χ3v) is 3.16. The third kappa shape index (κ3) is 3.13. The van der Waals surface area contributed by atoms with Gasteiger partial charge in [0.05, 0.1) is 0 Å². The quantitative estimate of drug-likeness (QED) is 0.481. The van der Waals surface area contributed by atoms with Crippen molar-refractivity contribution in [1.29, 1.82) is 0 Å². The second-order valence-electron chi connectivity index (χ2n) is 4.99. The predicted octanol–water partition coefficient (Wildman–Crippen LogP) is 3.57. The summed E-state index contributed by atoms with van der Waals surface area (Å²) in [6.07, 6.45) is 9.77. The van der Waals surface area contributed by atoms with Gasteiger partial charge in [-0.1, -0.05) is 39.5 Å². The van der Waals surface area contributed by atoms with Gasteiger partial charge in [-0.2, -0.15) is 0 Å². The Morgan fingerprint density at radius 2 is 1.69 bits per heavy atom. The summed E-state index contributed by atoms with van der Waals surface area (Å²) in [6.45, 7) is 4.44. The molecule has 0 aromatic rings. The number of carbonyl (C=O) groups is 1. The first-order valence-electron chi connectivity index (χ1n) is 5.65. The number of rotatable bonds is 3. The lowest BCUT2D eigenvalue weighted by Crippen LogP contribution is -2.23. The van der Waals surface area contributed by atoms with Crippen molar-refractivity contribution in [1.82, 2.24) is 0 Å². The van der Waals surface area contributed by atoms with E-state index in [1.807, 2.05) is 0 Å². The van der Waals surface area contributed by atoms with Crippen LogP contribution in [-0.2, 0) is 4.79 Å². The van der Waals surface area contributed by atoms with Gasteiger partial charge in [-0.3, -0.25) is 0 Å². The fourth-order valence-electron chi connectivity index (χ4n) is 2.62. The van der Waals surface area contributed by atoms with Gasteiger partial charge in [0.15, 0.2) is 0 Å². The summed E-state index contributed by atoms with van der Waals surface area (Å²) in [4.78, 5) is 11.2. The van der Waals surface area contributed by atoms with Gasteiger partial charge in [-0.15, -0.1) is 0 Å². The van der Waals surface area contributed by atoms with Crippen LogP contribution in [-0.4, -0.2) is 6.29 Å². The van der Waals surface area contributed by atoms with Crippen LogP contribution in [0.3, 0.4) is 0 Å². The van der Waals surface area contributed by atoms with E-state index in [1.54, 1.807) is 0 Å². The molecule has 0 saturated heterocycles. The maximum atomic E-state index is 11.2. The zero-order chi connectivity index (χ0) is 9.73. The molecule has 0 unspecified atom stereocenters. The van der Waals surface area contributed by atoms with Crippen molar-refractivity contribution in [3.63, 3.8) is 0 Å². The minimum absolute atomic E-state index is 0.0463. The van der Waals surface area contributed by atoms with Crippen LogP contribution < -0.4 is 0 Å². The van der Waals surface area contributed by atoms with Gasteiger partial charge in [-0.05, 0) is 25.2 Å². The summed E-state index contributed by atoms with van der Waals surface area (Å²) in [5.41, 5.74) is 0.0463. The molecule has 0 N–H and O–H groups in total. The molecule has 1 aliphatic rings. The molecule has 0 amide bonds. The Labute approximate surface area is 81.9 Å². The molecule has 1 saturated carbocycles. The molecule has 0 aliphatic heterocycles. The zero-order valence-corrected chi connectivity index (χ0v) is 9.01. The largest absolute Gasteiger partial charge is 0.303 e.